The fourth-order valence-electron chi connectivity index (χ4n) is 2.89. The van der Waals surface area contributed by atoms with Gasteiger partial charge in [0.1, 0.15) is 0 Å². The Labute approximate surface area is 181 Å². The van der Waals surface area contributed by atoms with Crippen molar-refractivity contribution in [3.63, 3.8) is 0 Å². The van der Waals surface area contributed by atoms with Crippen LogP contribution >= 0.6 is 11.8 Å². The minimum Gasteiger partial charge on any atom is -0.338 e. The van der Waals surface area contributed by atoms with Crippen LogP contribution in [0.15, 0.2) is 53.7 Å². The fourth-order valence-corrected chi connectivity index (χ4v) is 3.70. The number of rotatable bonds is 7. The summed E-state index contributed by atoms with van der Waals surface area (Å²) in [5, 5.41) is 5.15. The lowest BCUT2D eigenvalue weighted by Crippen LogP contribution is -2.40. The maximum Gasteiger partial charge on any atom is 0.416 e. The number of halogens is 3. The first kappa shape index (κ1) is 22.7. The standard InChI is InChI=1S/C21H21F3N4O2S/c1-2-10-25-19(30)27-18(29)13-31-20-26-16-11-15(21(22,23)24)8-9-17(16)28(20)12-14-6-4-3-5-7-14/h3-9,11H,2,10,12-13H2,1H3,(H2,25,27,29,30). The van der Waals surface area contributed by atoms with Crippen LogP contribution in [0, 0.1) is 0 Å². The minimum absolute atomic E-state index is 0.107. The molecule has 0 spiro atoms. The Balaban J connectivity index is 1.85. The summed E-state index contributed by atoms with van der Waals surface area (Å²) in [4.78, 5) is 28.0. The molecule has 0 aliphatic rings. The SMILES string of the molecule is CCCNC(=O)NC(=O)CSc1nc2cc(C(F)(F)F)ccc2n1Cc1ccccc1. The van der Waals surface area contributed by atoms with Gasteiger partial charge >= 0.3 is 12.2 Å². The number of fused-ring (bicyclic) bond motifs is 1. The van der Waals surface area contributed by atoms with E-state index in [9.17, 15) is 22.8 Å². The van der Waals surface area contributed by atoms with Gasteiger partial charge in [0.25, 0.3) is 0 Å². The highest BCUT2D eigenvalue weighted by Crippen LogP contribution is 2.33. The van der Waals surface area contributed by atoms with Crippen molar-refractivity contribution in [1.29, 1.82) is 0 Å². The van der Waals surface area contributed by atoms with Gasteiger partial charge in [0.2, 0.25) is 5.91 Å². The van der Waals surface area contributed by atoms with Crippen molar-refractivity contribution >= 4 is 34.7 Å². The zero-order chi connectivity index (χ0) is 22.4. The third-order valence-corrected chi connectivity index (χ3v) is 5.32. The quantitative estimate of drug-likeness (QED) is 0.522. The number of urea groups is 1. The number of carbonyl (C=O) groups is 2. The van der Waals surface area contributed by atoms with Crippen LogP contribution in [0.4, 0.5) is 18.0 Å². The fraction of sp³-hybridized carbons (Fsp3) is 0.286. The molecule has 0 bridgehead atoms. The average molecular weight is 450 g/mol. The summed E-state index contributed by atoms with van der Waals surface area (Å²) in [6.07, 6.45) is -3.74. The summed E-state index contributed by atoms with van der Waals surface area (Å²) < 4.78 is 41.1. The molecule has 0 saturated carbocycles. The van der Waals surface area contributed by atoms with Gasteiger partial charge in [-0.2, -0.15) is 13.2 Å². The van der Waals surface area contributed by atoms with Crippen molar-refractivity contribution in [3.05, 3.63) is 59.7 Å². The topological polar surface area (TPSA) is 76.0 Å². The molecule has 10 heteroatoms. The van der Waals surface area contributed by atoms with Gasteiger partial charge in [-0.25, -0.2) is 9.78 Å². The largest absolute Gasteiger partial charge is 0.416 e. The number of nitrogens with zero attached hydrogens (tertiary/aromatic N) is 2. The lowest BCUT2D eigenvalue weighted by atomic mass is 10.2. The average Bonchev–Trinajstić information content (AvgIpc) is 3.07. The van der Waals surface area contributed by atoms with Gasteiger partial charge in [0, 0.05) is 6.54 Å². The summed E-state index contributed by atoms with van der Waals surface area (Å²) in [5.74, 6) is -0.628. The van der Waals surface area contributed by atoms with E-state index in [0.29, 0.717) is 23.8 Å². The number of hydrogen-bond acceptors (Lipinski definition) is 4. The third kappa shape index (κ3) is 6.00. The predicted octanol–water partition coefficient (Wildman–Crippen LogP) is 4.43. The number of alkyl halides is 3. The molecule has 164 valence electrons. The number of aromatic nitrogens is 2. The highest BCUT2D eigenvalue weighted by Gasteiger charge is 2.31. The van der Waals surface area contributed by atoms with Gasteiger partial charge in [0.15, 0.2) is 5.16 Å². The lowest BCUT2D eigenvalue weighted by Gasteiger charge is -2.10. The number of thioether (sulfide) groups is 1. The van der Waals surface area contributed by atoms with E-state index >= 15 is 0 Å². The van der Waals surface area contributed by atoms with Crippen LogP contribution in [-0.2, 0) is 17.5 Å². The molecule has 3 amide bonds. The molecule has 0 aliphatic carbocycles. The molecule has 0 atom stereocenters. The number of hydrogen-bond donors (Lipinski definition) is 2. The molecule has 6 nitrogen and oxygen atoms in total. The van der Waals surface area contributed by atoms with E-state index in [1.807, 2.05) is 37.3 Å². The monoisotopic (exact) mass is 450 g/mol. The van der Waals surface area contributed by atoms with Gasteiger partial charge in [-0.3, -0.25) is 10.1 Å². The summed E-state index contributed by atoms with van der Waals surface area (Å²) in [6, 6.07) is 12.2. The molecule has 1 heterocycles. The van der Waals surface area contributed by atoms with E-state index in [4.69, 9.17) is 0 Å². The van der Waals surface area contributed by atoms with Crippen molar-refractivity contribution in [1.82, 2.24) is 20.2 Å². The molecule has 0 aliphatic heterocycles. The third-order valence-electron chi connectivity index (χ3n) is 4.34. The Morgan fingerprint density at radius 3 is 2.55 bits per heavy atom. The molecular formula is C21H21F3N4O2S. The molecule has 0 fully saturated rings. The molecule has 1 aromatic heterocycles. The van der Waals surface area contributed by atoms with E-state index in [1.165, 1.54) is 6.07 Å². The predicted molar refractivity (Wildman–Crippen MR) is 113 cm³/mol. The van der Waals surface area contributed by atoms with Gasteiger partial charge in [0.05, 0.1) is 28.9 Å². The van der Waals surface area contributed by atoms with Crippen LogP contribution in [-0.4, -0.2) is 33.8 Å². The maximum atomic E-state index is 13.1. The van der Waals surface area contributed by atoms with Crippen LogP contribution in [0.1, 0.15) is 24.5 Å². The first-order valence-corrected chi connectivity index (χ1v) is 10.6. The number of benzene rings is 2. The summed E-state index contributed by atoms with van der Waals surface area (Å²) in [5.41, 5.74) is 0.869. The van der Waals surface area contributed by atoms with Crippen molar-refractivity contribution in [2.75, 3.05) is 12.3 Å². The van der Waals surface area contributed by atoms with Crippen LogP contribution in [0.3, 0.4) is 0 Å². The highest BCUT2D eigenvalue weighted by atomic mass is 32.2. The number of amides is 3. The van der Waals surface area contributed by atoms with Crippen molar-refractivity contribution < 1.29 is 22.8 Å². The van der Waals surface area contributed by atoms with E-state index in [2.05, 4.69) is 15.6 Å². The zero-order valence-corrected chi connectivity index (χ0v) is 17.5. The minimum atomic E-state index is -4.48. The molecule has 31 heavy (non-hydrogen) atoms. The Bertz CT molecular complexity index is 1070. The first-order chi connectivity index (χ1) is 14.8. The van der Waals surface area contributed by atoms with E-state index in [1.54, 1.807) is 4.57 Å². The van der Waals surface area contributed by atoms with Crippen LogP contribution in [0.25, 0.3) is 11.0 Å². The molecule has 0 unspecified atom stereocenters. The number of carbonyl (C=O) groups excluding carboxylic acids is 2. The maximum absolute atomic E-state index is 13.1. The summed E-state index contributed by atoms with van der Waals surface area (Å²) >= 11 is 1.06. The van der Waals surface area contributed by atoms with Gasteiger partial charge < -0.3 is 9.88 Å². The number of nitrogens with one attached hydrogen (secondary N) is 2. The van der Waals surface area contributed by atoms with Crippen molar-refractivity contribution in [3.8, 4) is 0 Å². The van der Waals surface area contributed by atoms with Gasteiger partial charge in [-0.15, -0.1) is 0 Å². The zero-order valence-electron chi connectivity index (χ0n) is 16.7. The molecule has 3 aromatic rings. The van der Waals surface area contributed by atoms with Crippen LogP contribution in [0.2, 0.25) is 0 Å². The van der Waals surface area contributed by atoms with Crippen molar-refractivity contribution in [2.45, 2.75) is 31.2 Å². The summed E-state index contributed by atoms with van der Waals surface area (Å²) in [7, 11) is 0. The second kappa shape index (κ2) is 9.86. The van der Waals surface area contributed by atoms with Gasteiger partial charge in [-0.05, 0) is 30.2 Å². The summed E-state index contributed by atoms with van der Waals surface area (Å²) in [6.45, 7) is 2.71. The van der Waals surface area contributed by atoms with Crippen LogP contribution in [0.5, 0.6) is 0 Å². The van der Waals surface area contributed by atoms with Crippen molar-refractivity contribution in [2.24, 2.45) is 0 Å². The number of imidazole rings is 1. The normalized spacial score (nSPS) is 11.5. The smallest absolute Gasteiger partial charge is 0.338 e. The molecule has 3 rings (SSSR count). The second-order valence-corrected chi connectivity index (χ2v) is 7.70. The van der Waals surface area contributed by atoms with E-state index in [0.717, 1.165) is 35.9 Å². The number of imide groups is 1. The Morgan fingerprint density at radius 1 is 1.13 bits per heavy atom. The lowest BCUT2D eigenvalue weighted by molar-refractivity contribution is -0.137. The second-order valence-electron chi connectivity index (χ2n) is 6.76. The Kier molecular flexibility index (Phi) is 7.21. The Morgan fingerprint density at radius 2 is 1.87 bits per heavy atom. The first-order valence-electron chi connectivity index (χ1n) is 9.60. The van der Waals surface area contributed by atoms with Crippen LogP contribution < -0.4 is 10.6 Å². The molecular weight excluding hydrogens is 429 g/mol. The van der Waals surface area contributed by atoms with E-state index < -0.39 is 23.7 Å². The van der Waals surface area contributed by atoms with Gasteiger partial charge in [-0.1, -0.05) is 49.0 Å². The van der Waals surface area contributed by atoms with E-state index in [-0.39, 0.29) is 11.3 Å². The molecule has 0 radical (unpaired) electrons. The molecule has 0 saturated heterocycles. The molecule has 2 N–H and O–H groups in total. The Hall–Kier alpha value is -3.01. The molecule has 2 aromatic carbocycles. The highest BCUT2D eigenvalue weighted by molar-refractivity contribution is 7.99.